The Labute approximate surface area is 272 Å². The molecule has 1 atom stereocenters. The lowest BCUT2D eigenvalue weighted by atomic mass is 9.91. The van der Waals surface area contributed by atoms with E-state index < -0.39 is 29.4 Å². The van der Waals surface area contributed by atoms with Gasteiger partial charge < -0.3 is 19.9 Å². The van der Waals surface area contributed by atoms with Gasteiger partial charge in [-0.05, 0) is 75.8 Å². The minimum absolute atomic E-state index is 0.0826. The fourth-order valence-corrected chi connectivity index (χ4v) is 6.03. The van der Waals surface area contributed by atoms with Gasteiger partial charge >= 0.3 is 5.97 Å². The van der Waals surface area contributed by atoms with Crippen molar-refractivity contribution in [2.24, 2.45) is 0 Å². The van der Waals surface area contributed by atoms with Gasteiger partial charge in [-0.2, -0.15) is 5.10 Å². The Hall–Kier alpha value is -5.09. The number of carboxylic acids is 1. The maximum Gasteiger partial charge on any atom is 0.337 e. The Kier molecular flexibility index (Phi) is 8.55. The van der Waals surface area contributed by atoms with E-state index in [-0.39, 0.29) is 23.6 Å². The highest BCUT2D eigenvalue weighted by Crippen LogP contribution is 2.41. The Bertz CT molecular complexity index is 1980. The lowest BCUT2D eigenvalue weighted by molar-refractivity contribution is -0.160. The number of benzene rings is 3. The van der Waals surface area contributed by atoms with Crippen molar-refractivity contribution in [1.82, 2.24) is 19.9 Å². The molecule has 0 aliphatic carbocycles. The molecule has 47 heavy (non-hydrogen) atoms. The van der Waals surface area contributed by atoms with E-state index in [0.29, 0.717) is 41.2 Å². The fourth-order valence-electron chi connectivity index (χ4n) is 6.03. The quantitative estimate of drug-likeness (QED) is 0.188. The van der Waals surface area contributed by atoms with Crippen molar-refractivity contribution in [2.45, 2.75) is 65.7 Å². The minimum atomic E-state index is -1.45. The number of hydrogen-bond acceptors (Lipinski definition) is 6. The van der Waals surface area contributed by atoms with E-state index in [2.05, 4.69) is 15.4 Å². The van der Waals surface area contributed by atoms with Crippen molar-refractivity contribution in [3.8, 4) is 28.1 Å². The second-order valence-electron chi connectivity index (χ2n) is 12.7. The maximum absolute atomic E-state index is 15.6. The number of hydrogen-bond donors (Lipinski definition) is 2. The van der Waals surface area contributed by atoms with E-state index in [1.54, 1.807) is 33.8 Å². The molecule has 0 fully saturated rings. The molecule has 0 radical (unpaired) electrons. The number of halogens is 1. The van der Waals surface area contributed by atoms with Gasteiger partial charge in [0.2, 0.25) is 0 Å². The van der Waals surface area contributed by atoms with Crippen LogP contribution in [0.4, 0.5) is 4.39 Å². The number of carbonyl (C=O) groups excluding carboxylic acids is 1. The third-order valence-electron chi connectivity index (χ3n) is 8.23. The smallest absolute Gasteiger partial charge is 0.337 e. The van der Waals surface area contributed by atoms with Gasteiger partial charge in [0.15, 0.2) is 29.0 Å². The van der Waals surface area contributed by atoms with Gasteiger partial charge in [0.25, 0.3) is 5.91 Å². The first-order chi connectivity index (χ1) is 22.4. The highest BCUT2D eigenvalue weighted by atomic mass is 19.1. The number of rotatable bonds is 8. The van der Waals surface area contributed by atoms with Gasteiger partial charge in [-0.3, -0.25) is 4.79 Å². The molecule has 0 bridgehead atoms. The lowest BCUT2D eigenvalue weighted by Gasteiger charge is -2.28. The molecule has 5 aromatic rings. The fraction of sp³-hybridized carbons (Fsp3) is 0.297. The van der Waals surface area contributed by atoms with Crippen LogP contribution >= 0.6 is 0 Å². The number of nitrogens with zero attached hydrogens (tertiary/aromatic N) is 3. The average molecular weight is 637 g/mol. The monoisotopic (exact) mass is 636 g/mol. The number of aryl methyl sites for hydroxylation is 1. The third-order valence-corrected chi connectivity index (χ3v) is 8.23. The summed E-state index contributed by atoms with van der Waals surface area (Å²) < 4.78 is 28.7. The number of aliphatic carboxylic acids is 1. The Morgan fingerprint density at radius 2 is 1.77 bits per heavy atom. The second-order valence-corrected chi connectivity index (χ2v) is 12.7. The SMILES string of the molecule is Cc1nc2cc(C(=O)NCc3ccc(-c4ccccc4)cc3)nn2c(-c2cc(F)c3c(c2C)CCCO3)c1[C@H](OC(C)(C)C)C(=O)O. The van der Waals surface area contributed by atoms with E-state index in [1.807, 2.05) is 61.5 Å². The zero-order chi connectivity index (χ0) is 33.5. The van der Waals surface area contributed by atoms with Gasteiger partial charge in [0.1, 0.15) is 0 Å². The molecule has 0 unspecified atom stereocenters. The zero-order valence-electron chi connectivity index (χ0n) is 27.1. The van der Waals surface area contributed by atoms with Gasteiger partial charge in [-0.15, -0.1) is 0 Å². The summed E-state index contributed by atoms with van der Waals surface area (Å²) in [5.41, 5.74) is 5.40. The zero-order valence-corrected chi connectivity index (χ0v) is 27.1. The summed E-state index contributed by atoms with van der Waals surface area (Å²) >= 11 is 0. The molecule has 2 aromatic heterocycles. The van der Waals surface area contributed by atoms with Gasteiger partial charge in [-0.25, -0.2) is 18.7 Å². The average Bonchev–Trinajstić information content (AvgIpc) is 3.48. The van der Waals surface area contributed by atoms with E-state index in [9.17, 15) is 14.7 Å². The molecule has 1 aliphatic rings. The summed E-state index contributed by atoms with van der Waals surface area (Å²) in [6.45, 7) is 9.50. The van der Waals surface area contributed by atoms with Crippen LogP contribution in [0.25, 0.3) is 28.0 Å². The van der Waals surface area contributed by atoms with Crippen molar-refractivity contribution >= 4 is 17.5 Å². The topological polar surface area (TPSA) is 115 Å². The summed E-state index contributed by atoms with van der Waals surface area (Å²) in [6, 6.07) is 20.8. The van der Waals surface area contributed by atoms with Crippen LogP contribution in [0.3, 0.4) is 0 Å². The summed E-state index contributed by atoms with van der Waals surface area (Å²) in [7, 11) is 0. The predicted molar refractivity (Wildman–Crippen MR) is 176 cm³/mol. The molecular formula is C37H37FN4O5. The summed E-state index contributed by atoms with van der Waals surface area (Å²) in [6.07, 6.45) is -0.119. The third kappa shape index (κ3) is 6.46. The number of amides is 1. The summed E-state index contributed by atoms with van der Waals surface area (Å²) in [5, 5.41) is 17.9. The summed E-state index contributed by atoms with van der Waals surface area (Å²) in [4.78, 5) is 30.8. The van der Waals surface area contributed by atoms with Crippen LogP contribution in [0, 0.1) is 19.7 Å². The largest absolute Gasteiger partial charge is 0.490 e. The van der Waals surface area contributed by atoms with E-state index in [1.165, 1.54) is 10.6 Å². The minimum Gasteiger partial charge on any atom is -0.490 e. The molecule has 9 nitrogen and oxygen atoms in total. The summed E-state index contributed by atoms with van der Waals surface area (Å²) in [5.74, 6) is -2.01. The Balaban J connectivity index is 1.42. The molecule has 2 N–H and O–H groups in total. The predicted octanol–water partition coefficient (Wildman–Crippen LogP) is 7.02. The second kappa shape index (κ2) is 12.6. The number of carboxylic acid groups (broad SMARTS) is 1. The van der Waals surface area contributed by atoms with E-state index in [0.717, 1.165) is 28.7 Å². The molecule has 0 saturated carbocycles. The molecule has 1 aliphatic heterocycles. The number of nitrogens with one attached hydrogen (secondary N) is 1. The van der Waals surface area contributed by atoms with Crippen LogP contribution in [0.1, 0.15) is 71.7 Å². The first kappa shape index (κ1) is 31.9. The van der Waals surface area contributed by atoms with Crippen LogP contribution in [0.5, 0.6) is 5.75 Å². The van der Waals surface area contributed by atoms with Crippen LogP contribution < -0.4 is 10.1 Å². The molecule has 6 rings (SSSR count). The van der Waals surface area contributed by atoms with Crippen molar-refractivity contribution in [3.05, 3.63) is 106 Å². The number of fused-ring (bicyclic) bond motifs is 2. The van der Waals surface area contributed by atoms with Crippen molar-refractivity contribution in [1.29, 1.82) is 0 Å². The van der Waals surface area contributed by atoms with Gasteiger partial charge in [0, 0.05) is 35.0 Å². The van der Waals surface area contributed by atoms with Gasteiger partial charge in [-0.1, -0.05) is 54.6 Å². The highest BCUT2D eigenvalue weighted by molar-refractivity contribution is 5.93. The Morgan fingerprint density at radius 3 is 2.45 bits per heavy atom. The van der Waals surface area contributed by atoms with Gasteiger partial charge in [0.05, 0.1) is 17.9 Å². The number of carbonyl (C=O) groups is 2. The Morgan fingerprint density at radius 1 is 1.06 bits per heavy atom. The van der Waals surface area contributed by atoms with Crippen LogP contribution in [-0.2, 0) is 22.5 Å². The molecule has 0 spiro atoms. The molecule has 0 saturated heterocycles. The first-order valence-electron chi connectivity index (χ1n) is 15.6. The molecule has 10 heteroatoms. The lowest BCUT2D eigenvalue weighted by Crippen LogP contribution is -2.29. The van der Waals surface area contributed by atoms with Crippen molar-refractivity contribution < 1.29 is 28.6 Å². The normalized spacial score (nSPS) is 13.6. The molecule has 3 aromatic carbocycles. The molecule has 242 valence electrons. The van der Waals surface area contributed by atoms with Crippen LogP contribution in [0.15, 0.2) is 66.7 Å². The molecule has 1 amide bonds. The van der Waals surface area contributed by atoms with Crippen LogP contribution in [-0.4, -0.2) is 43.8 Å². The molecule has 3 heterocycles. The highest BCUT2D eigenvalue weighted by Gasteiger charge is 2.35. The van der Waals surface area contributed by atoms with Crippen LogP contribution in [0.2, 0.25) is 0 Å². The first-order valence-corrected chi connectivity index (χ1v) is 15.6. The number of ether oxygens (including phenoxy) is 2. The van der Waals surface area contributed by atoms with E-state index >= 15 is 4.39 Å². The molecular weight excluding hydrogens is 599 g/mol. The van der Waals surface area contributed by atoms with Crippen molar-refractivity contribution in [2.75, 3.05) is 6.61 Å². The van der Waals surface area contributed by atoms with E-state index in [4.69, 9.17) is 9.47 Å². The standard InChI is InChI=1S/C37H37FN4O5/c1-21-26-12-9-17-46-33(26)28(38)18-27(21)32-31(34(36(44)45)47-37(3,4)5)22(2)40-30-19-29(41-42(30)32)35(43)39-20-23-13-15-25(16-14-23)24-10-7-6-8-11-24/h6-8,10-11,13-16,18-19,34H,9,12,17,20H2,1-5H3,(H,39,43)(H,44,45)/t34-/m0/s1. The maximum atomic E-state index is 15.6. The van der Waals surface area contributed by atoms with Crippen molar-refractivity contribution in [3.63, 3.8) is 0 Å². The number of aromatic nitrogens is 3.